The molecule has 0 radical (unpaired) electrons. The minimum atomic E-state index is 0.548. The van der Waals surface area contributed by atoms with Crippen molar-refractivity contribution in [1.29, 1.82) is 0 Å². The van der Waals surface area contributed by atoms with E-state index in [4.69, 9.17) is 4.42 Å². The Kier molecular flexibility index (Phi) is 4.33. The van der Waals surface area contributed by atoms with Gasteiger partial charge in [-0.1, -0.05) is 17.8 Å². The van der Waals surface area contributed by atoms with E-state index in [0.29, 0.717) is 23.4 Å². The molecule has 0 unspecified atom stereocenters. The van der Waals surface area contributed by atoms with Gasteiger partial charge in [0.15, 0.2) is 5.82 Å². The molecule has 7 nitrogen and oxygen atoms in total. The van der Waals surface area contributed by atoms with E-state index in [0.717, 1.165) is 21.3 Å². The van der Waals surface area contributed by atoms with Gasteiger partial charge in [-0.15, -0.1) is 31.7 Å². The molecule has 0 bridgehead atoms. The first-order valence-electron chi connectivity index (χ1n) is 7.55. The minimum absolute atomic E-state index is 0.548. The predicted molar refractivity (Wildman–Crippen MR) is 95.8 cm³/mol. The lowest BCUT2D eigenvalue weighted by Gasteiger charge is -2.03. The third-order valence-corrected chi connectivity index (χ3v) is 5.16. The van der Waals surface area contributed by atoms with Crippen LogP contribution in [0.15, 0.2) is 45.2 Å². The van der Waals surface area contributed by atoms with Gasteiger partial charge in [-0.3, -0.25) is 0 Å². The highest BCUT2D eigenvalue weighted by Crippen LogP contribution is 2.26. The Labute approximate surface area is 152 Å². The van der Waals surface area contributed by atoms with Crippen LogP contribution in [0.1, 0.15) is 17.3 Å². The number of thiophene rings is 1. The number of aromatic nitrogens is 6. The Morgan fingerprint density at radius 3 is 2.72 bits per heavy atom. The van der Waals surface area contributed by atoms with Gasteiger partial charge in [-0.2, -0.15) is 5.10 Å². The summed E-state index contributed by atoms with van der Waals surface area (Å²) in [5.74, 6) is 2.37. The molecule has 4 aromatic rings. The normalized spacial score (nSPS) is 11.1. The van der Waals surface area contributed by atoms with Gasteiger partial charge in [0, 0.05) is 5.69 Å². The van der Waals surface area contributed by atoms with E-state index in [2.05, 4.69) is 25.5 Å². The van der Waals surface area contributed by atoms with Crippen molar-refractivity contribution in [3.05, 3.63) is 53.0 Å². The Morgan fingerprint density at radius 2 is 2.04 bits per heavy atom. The molecule has 4 aromatic heterocycles. The summed E-state index contributed by atoms with van der Waals surface area (Å²) >= 11 is 3.07. The third kappa shape index (κ3) is 3.47. The summed E-state index contributed by atoms with van der Waals surface area (Å²) in [7, 11) is 0. The van der Waals surface area contributed by atoms with Gasteiger partial charge < -0.3 is 4.42 Å². The number of thioether (sulfide) groups is 1. The maximum absolute atomic E-state index is 5.67. The fourth-order valence-corrected chi connectivity index (χ4v) is 3.61. The lowest BCUT2D eigenvalue weighted by molar-refractivity contribution is 0.529. The summed E-state index contributed by atoms with van der Waals surface area (Å²) in [4.78, 5) is 0.970. The largest absolute Gasteiger partial charge is 0.419 e. The summed E-state index contributed by atoms with van der Waals surface area (Å²) in [5.41, 5.74) is 1.98. The molecule has 0 aliphatic rings. The SMILES string of the molecule is Cc1cc(C)n(-c2ccc(SCc3nnc(-c4cccs4)o3)nn2)n1. The first kappa shape index (κ1) is 16.0. The van der Waals surface area contributed by atoms with E-state index in [1.165, 1.54) is 11.8 Å². The summed E-state index contributed by atoms with van der Waals surface area (Å²) in [6.07, 6.45) is 0. The van der Waals surface area contributed by atoms with E-state index >= 15 is 0 Å². The number of aryl methyl sites for hydroxylation is 2. The second-order valence-electron chi connectivity index (χ2n) is 5.34. The predicted octanol–water partition coefficient (Wildman–Crippen LogP) is 3.68. The van der Waals surface area contributed by atoms with Crippen molar-refractivity contribution in [2.24, 2.45) is 0 Å². The first-order valence-corrected chi connectivity index (χ1v) is 9.42. The summed E-state index contributed by atoms with van der Waals surface area (Å²) in [5, 5.41) is 23.8. The van der Waals surface area contributed by atoms with Gasteiger partial charge in [0.2, 0.25) is 5.89 Å². The Bertz CT molecular complexity index is 975. The van der Waals surface area contributed by atoms with Crippen LogP contribution in [0.5, 0.6) is 0 Å². The van der Waals surface area contributed by atoms with Gasteiger partial charge >= 0.3 is 0 Å². The molecule has 25 heavy (non-hydrogen) atoms. The fourth-order valence-electron chi connectivity index (χ4n) is 2.31. The smallest absolute Gasteiger partial charge is 0.257 e. The summed E-state index contributed by atoms with van der Waals surface area (Å²) < 4.78 is 7.45. The zero-order valence-corrected chi connectivity index (χ0v) is 15.2. The Morgan fingerprint density at radius 1 is 1.12 bits per heavy atom. The van der Waals surface area contributed by atoms with Crippen LogP contribution in [0.4, 0.5) is 0 Å². The van der Waals surface area contributed by atoms with Crippen molar-refractivity contribution in [1.82, 2.24) is 30.2 Å². The van der Waals surface area contributed by atoms with Crippen LogP contribution in [0.25, 0.3) is 16.6 Å². The molecule has 0 aliphatic carbocycles. The quantitative estimate of drug-likeness (QED) is 0.496. The first-order chi connectivity index (χ1) is 12.2. The lowest BCUT2D eigenvalue weighted by Crippen LogP contribution is -2.03. The van der Waals surface area contributed by atoms with E-state index in [9.17, 15) is 0 Å². The molecule has 0 amide bonds. The molecule has 0 fully saturated rings. The van der Waals surface area contributed by atoms with Crippen molar-refractivity contribution in [2.45, 2.75) is 24.6 Å². The van der Waals surface area contributed by atoms with Gasteiger partial charge in [0.25, 0.3) is 5.89 Å². The van der Waals surface area contributed by atoms with E-state index in [-0.39, 0.29) is 0 Å². The van der Waals surface area contributed by atoms with Crippen molar-refractivity contribution < 1.29 is 4.42 Å². The number of rotatable bonds is 5. The van der Waals surface area contributed by atoms with Crippen LogP contribution >= 0.6 is 23.1 Å². The highest BCUT2D eigenvalue weighted by Gasteiger charge is 2.11. The molecule has 0 N–H and O–H groups in total. The molecule has 126 valence electrons. The monoisotopic (exact) mass is 370 g/mol. The average Bonchev–Trinajstić information content (AvgIpc) is 3.34. The maximum Gasteiger partial charge on any atom is 0.257 e. The van der Waals surface area contributed by atoms with E-state index in [1.807, 2.05) is 49.6 Å². The Hall–Kier alpha value is -2.52. The zero-order valence-electron chi connectivity index (χ0n) is 13.6. The number of nitrogens with zero attached hydrogens (tertiary/aromatic N) is 6. The summed E-state index contributed by atoms with van der Waals surface area (Å²) in [6, 6.07) is 9.74. The molecule has 0 saturated heterocycles. The van der Waals surface area contributed by atoms with Crippen LogP contribution in [-0.4, -0.2) is 30.2 Å². The average molecular weight is 370 g/mol. The summed E-state index contributed by atoms with van der Waals surface area (Å²) in [6.45, 7) is 3.95. The zero-order chi connectivity index (χ0) is 17.2. The topological polar surface area (TPSA) is 82.5 Å². The van der Waals surface area contributed by atoms with Crippen LogP contribution in [0.2, 0.25) is 0 Å². The number of hydrogen-bond acceptors (Lipinski definition) is 8. The highest BCUT2D eigenvalue weighted by molar-refractivity contribution is 7.98. The number of hydrogen-bond donors (Lipinski definition) is 0. The fraction of sp³-hybridized carbons (Fsp3) is 0.188. The van der Waals surface area contributed by atoms with Crippen molar-refractivity contribution in [3.63, 3.8) is 0 Å². The lowest BCUT2D eigenvalue weighted by atomic mass is 10.4. The van der Waals surface area contributed by atoms with Gasteiger partial charge in [-0.05, 0) is 43.5 Å². The molecule has 0 spiro atoms. The molecular formula is C16H14N6OS2. The molecule has 0 saturated carbocycles. The second-order valence-corrected chi connectivity index (χ2v) is 7.28. The minimum Gasteiger partial charge on any atom is -0.419 e. The maximum atomic E-state index is 5.67. The van der Waals surface area contributed by atoms with Crippen molar-refractivity contribution >= 4 is 23.1 Å². The molecule has 0 atom stereocenters. The molecule has 4 heterocycles. The van der Waals surface area contributed by atoms with Gasteiger partial charge in [-0.25, -0.2) is 4.68 Å². The Balaban J connectivity index is 1.43. The van der Waals surface area contributed by atoms with Gasteiger partial charge in [0.05, 0.1) is 16.3 Å². The highest BCUT2D eigenvalue weighted by atomic mass is 32.2. The van der Waals surface area contributed by atoms with Crippen LogP contribution < -0.4 is 0 Å². The molecule has 4 rings (SSSR count). The molecular weight excluding hydrogens is 356 g/mol. The van der Waals surface area contributed by atoms with Crippen molar-refractivity contribution in [3.8, 4) is 16.6 Å². The van der Waals surface area contributed by atoms with Crippen molar-refractivity contribution in [2.75, 3.05) is 0 Å². The van der Waals surface area contributed by atoms with E-state index < -0.39 is 0 Å². The second kappa shape index (κ2) is 6.77. The van der Waals surface area contributed by atoms with Crippen LogP contribution in [0, 0.1) is 13.8 Å². The molecule has 0 aliphatic heterocycles. The molecule has 0 aromatic carbocycles. The van der Waals surface area contributed by atoms with E-state index in [1.54, 1.807) is 16.0 Å². The standard InChI is InChI=1S/C16H14N6OS2/c1-10-8-11(2)22(21-10)13-5-6-15(19-17-13)25-9-14-18-20-16(23-14)12-4-3-7-24-12/h3-8H,9H2,1-2H3. The third-order valence-electron chi connectivity index (χ3n) is 3.39. The van der Waals surface area contributed by atoms with Crippen LogP contribution in [0.3, 0.4) is 0 Å². The molecule has 9 heteroatoms. The van der Waals surface area contributed by atoms with Gasteiger partial charge in [0.1, 0.15) is 5.03 Å². The van der Waals surface area contributed by atoms with Crippen LogP contribution in [-0.2, 0) is 5.75 Å².